The number of carbonyl (C=O) groups is 3. The molecule has 1 aliphatic rings. The van der Waals surface area contributed by atoms with Gasteiger partial charge in [0.25, 0.3) is 0 Å². The first-order chi connectivity index (χ1) is 15.5. The third kappa shape index (κ3) is 6.19. The molecule has 3 rings (SSSR count). The van der Waals surface area contributed by atoms with Gasteiger partial charge in [0.2, 0.25) is 11.8 Å². The van der Waals surface area contributed by atoms with Crippen LogP contribution in [0.1, 0.15) is 44.2 Å². The summed E-state index contributed by atoms with van der Waals surface area (Å²) in [6.45, 7) is 5.61. The number of nitrogens with zero attached hydrogens (tertiary/aromatic N) is 2. The van der Waals surface area contributed by atoms with E-state index < -0.39 is 0 Å². The number of hydrogen-bond donors (Lipinski definition) is 0. The van der Waals surface area contributed by atoms with Crippen molar-refractivity contribution in [2.24, 2.45) is 5.92 Å². The van der Waals surface area contributed by atoms with Crippen LogP contribution >= 0.6 is 0 Å². The molecule has 1 atom stereocenters. The average molecular weight is 437 g/mol. The Hall–Kier alpha value is -3.15. The van der Waals surface area contributed by atoms with E-state index in [-0.39, 0.29) is 30.1 Å². The van der Waals surface area contributed by atoms with Crippen LogP contribution in [0.15, 0.2) is 54.6 Å². The molecule has 6 nitrogen and oxygen atoms in total. The Morgan fingerprint density at radius 3 is 2.38 bits per heavy atom. The molecule has 0 aliphatic carbocycles. The topological polar surface area (TPSA) is 66.9 Å². The number of amides is 2. The number of piperidine rings is 1. The quantitative estimate of drug-likeness (QED) is 0.587. The molecule has 0 radical (unpaired) electrons. The molecule has 0 N–H and O–H groups in total. The lowest BCUT2D eigenvalue weighted by atomic mass is 9.97. The van der Waals surface area contributed by atoms with Crippen LogP contribution in [0.4, 0.5) is 5.69 Å². The molecule has 1 aliphatic heterocycles. The van der Waals surface area contributed by atoms with Crippen molar-refractivity contribution in [2.45, 2.75) is 46.1 Å². The molecule has 1 fully saturated rings. The second-order valence-electron chi connectivity index (χ2n) is 8.09. The van der Waals surface area contributed by atoms with Gasteiger partial charge in [0.05, 0.1) is 25.5 Å². The molecule has 2 amide bonds. The first kappa shape index (κ1) is 23.5. The Kier molecular flexibility index (Phi) is 8.42. The van der Waals surface area contributed by atoms with Crippen molar-refractivity contribution in [1.82, 2.24) is 4.90 Å². The van der Waals surface area contributed by atoms with Gasteiger partial charge in [-0.15, -0.1) is 0 Å². The number of esters is 1. The second kappa shape index (κ2) is 11.5. The van der Waals surface area contributed by atoms with Gasteiger partial charge in [0.15, 0.2) is 0 Å². The highest BCUT2D eigenvalue weighted by Gasteiger charge is 2.29. The van der Waals surface area contributed by atoms with Crippen LogP contribution < -0.4 is 4.90 Å². The smallest absolute Gasteiger partial charge is 0.310 e. The van der Waals surface area contributed by atoms with Gasteiger partial charge in [0, 0.05) is 25.2 Å². The van der Waals surface area contributed by atoms with Crippen LogP contribution in [0.5, 0.6) is 0 Å². The number of likely N-dealkylation sites (tertiary alicyclic amines) is 1. The molecule has 0 saturated carbocycles. The molecule has 6 heteroatoms. The van der Waals surface area contributed by atoms with Gasteiger partial charge in [-0.05, 0) is 43.0 Å². The lowest BCUT2D eigenvalue weighted by molar-refractivity contribution is -0.151. The molecular formula is C26H32N2O4. The molecule has 0 aromatic heterocycles. The van der Waals surface area contributed by atoms with Crippen molar-refractivity contribution < 1.29 is 19.1 Å². The SMILES string of the molecule is CCOC(=O)[C@H]1CCCN(C(=O)Cc2ccc(N(Cc3ccccc3)C(=O)CC)cc2)C1. The van der Waals surface area contributed by atoms with Crippen LogP contribution in [0.3, 0.4) is 0 Å². The fourth-order valence-corrected chi connectivity index (χ4v) is 4.02. The van der Waals surface area contributed by atoms with Gasteiger partial charge in [-0.1, -0.05) is 49.4 Å². The summed E-state index contributed by atoms with van der Waals surface area (Å²) in [5.74, 6) is -0.386. The summed E-state index contributed by atoms with van der Waals surface area (Å²) in [7, 11) is 0. The molecule has 1 heterocycles. The molecule has 2 aromatic carbocycles. The third-order valence-corrected chi connectivity index (χ3v) is 5.78. The maximum Gasteiger partial charge on any atom is 0.310 e. The second-order valence-corrected chi connectivity index (χ2v) is 8.09. The van der Waals surface area contributed by atoms with Gasteiger partial charge < -0.3 is 14.5 Å². The Bertz CT molecular complexity index is 911. The van der Waals surface area contributed by atoms with Crippen LogP contribution in [0.25, 0.3) is 0 Å². The summed E-state index contributed by atoms with van der Waals surface area (Å²) in [5, 5.41) is 0. The van der Waals surface area contributed by atoms with E-state index >= 15 is 0 Å². The Morgan fingerprint density at radius 2 is 1.72 bits per heavy atom. The summed E-state index contributed by atoms with van der Waals surface area (Å²) >= 11 is 0. The zero-order valence-electron chi connectivity index (χ0n) is 19.0. The maximum atomic E-state index is 12.8. The van der Waals surface area contributed by atoms with E-state index in [0.29, 0.717) is 32.7 Å². The highest BCUT2D eigenvalue weighted by Crippen LogP contribution is 2.22. The third-order valence-electron chi connectivity index (χ3n) is 5.78. The van der Waals surface area contributed by atoms with Crippen molar-refractivity contribution in [3.05, 3.63) is 65.7 Å². The standard InChI is InChI=1S/C26H32N2O4/c1-3-24(29)28(18-21-9-6-5-7-10-21)23-14-12-20(13-15-23)17-25(30)27-16-8-11-22(19-27)26(31)32-4-2/h5-7,9-10,12-15,22H,3-4,8,11,16-19H2,1-2H3/t22-/m0/s1. The van der Waals surface area contributed by atoms with Crippen LogP contribution in [0.2, 0.25) is 0 Å². The summed E-state index contributed by atoms with van der Waals surface area (Å²) in [6, 6.07) is 17.5. The summed E-state index contributed by atoms with van der Waals surface area (Å²) < 4.78 is 5.13. The molecular weight excluding hydrogens is 404 g/mol. The Morgan fingerprint density at radius 1 is 1.00 bits per heavy atom. The Balaban J connectivity index is 1.64. The summed E-state index contributed by atoms with van der Waals surface area (Å²) in [4.78, 5) is 40.9. The zero-order valence-corrected chi connectivity index (χ0v) is 19.0. The molecule has 1 saturated heterocycles. The van der Waals surface area contributed by atoms with Crippen molar-refractivity contribution in [3.8, 4) is 0 Å². The minimum Gasteiger partial charge on any atom is -0.466 e. The number of hydrogen-bond acceptors (Lipinski definition) is 4. The van der Waals surface area contributed by atoms with Crippen molar-refractivity contribution >= 4 is 23.5 Å². The fourth-order valence-electron chi connectivity index (χ4n) is 4.02. The minimum absolute atomic E-state index is 0.0116. The average Bonchev–Trinajstić information content (AvgIpc) is 2.83. The number of ether oxygens (including phenoxy) is 1. The highest BCUT2D eigenvalue weighted by molar-refractivity contribution is 5.93. The summed E-state index contributed by atoms with van der Waals surface area (Å²) in [6.07, 6.45) is 2.27. The lowest BCUT2D eigenvalue weighted by Crippen LogP contribution is -2.43. The normalized spacial score (nSPS) is 15.8. The van der Waals surface area contributed by atoms with Gasteiger partial charge in [0.1, 0.15) is 0 Å². The van der Waals surface area contributed by atoms with Crippen LogP contribution in [-0.4, -0.2) is 42.4 Å². The van der Waals surface area contributed by atoms with Crippen LogP contribution in [0, 0.1) is 5.92 Å². The van der Waals surface area contributed by atoms with E-state index in [2.05, 4.69) is 0 Å². The van der Waals surface area contributed by atoms with E-state index in [1.54, 1.807) is 16.7 Å². The molecule has 2 aromatic rings. The molecule has 0 unspecified atom stereocenters. The van der Waals surface area contributed by atoms with Gasteiger partial charge >= 0.3 is 5.97 Å². The largest absolute Gasteiger partial charge is 0.466 e. The van der Waals surface area contributed by atoms with E-state index in [9.17, 15) is 14.4 Å². The van der Waals surface area contributed by atoms with E-state index in [4.69, 9.17) is 4.74 Å². The predicted molar refractivity (Wildman–Crippen MR) is 124 cm³/mol. The zero-order chi connectivity index (χ0) is 22.9. The first-order valence-electron chi connectivity index (χ1n) is 11.4. The lowest BCUT2D eigenvalue weighted by Gasteiger charge is -2.31. The summed E-state index contributed by atoms with van der Waals surface area (Å²) in [5.41, 5.74) is 2.77. The number of rotatable bonds is 8. The van der Waals surface area contributed by atoms with Crippen molar-refractivity contribution in [2.75, 3.05) is 24.6 Å². The van der Waals surface area contributed by atoms with Crippen LogP contribution in [-0.2, 0) is 32.1 Å². The number of carbonyl (C=O) groups excluding carboxylic acids is 3. The van der Waals surface area contributed by atoms with Gasteiger partial charge in [-0.2, -0.15) is 0 Å². The monoisotopic (exact) mass is 436 g/mol. The number of benzene rings is 2. The van der Waals surface area contributed by atoms with E-state index in [1.165, 1.54) is 0 Å². The van der Waals surface area contributed by atoms with E-state index in [0.717, 1.165) is 29.7 Å². The fraction of sp³-hybridized carbons (Fsp3) is 0.423. The van der Waals surface area contributed by atoms with Gasteiger partial charge in [-0.25, -0.2) is 0 Å². The van der Waals surface area contributed by atoms with Crippen molar-refractivity contribution in [1.29, 1.82) is 0 Å². The van der Waals surface area contributed by atoms with Crippen molar-refractivity contribution in [3.63, 3.8) is 0 Å². The minimum atomic E-state index is -0.235. The molecule has 170 valence electrons. The number of anilines is 1. The highest BCUT2D eigenvalue weighted by atomic mass is 16.5. The Labute approximate surface area is 190 Å². The maximum absolute atomic E-state index is 12.8. The molecule has 0 spiro atoms. The first-order valence-corrected chi connectivity index (χ1v) is 11.4. The van der Waals surface area contributed by atoms with E-state index in [1.807, 2.05) is 61.5 Å². The molecule has 0 bridgehead atoms. The molecule has 32 heavy (non-hydrogen) atoms. The van der Waals surface area contributed by atoms with Gasteiger partial charge in [-0.3, -0.25) is 14.4 Å². The predicted octanol–water partition coefficient (Wildman–Crippen LogP) is 3.97.